The highest BCUT2D eigenvalue weighted by Gasteiger charge is 2.33. The molecule has 0 amide bonds. The Balaban J connectivity index is 1.67. The number of nitrogens with one attached hydrogen (secondary N) is 1. The molecule has 1 N–H and O–H groups in total. The molecule has 3 aromatic rings. The van der Waals surface area contributed by atoms with Gasteiger partial charge >= 0.3 is 0 Å². The van der Waals surface area contributed by atoms with Gasteiger partial charge in [-0.05, 0) is 59.0 Å². The number of halogens is 2. The van der Waals surface area contributed by atoms with Crippen LogP contribution in [0.1, 0.15) is 42.8 Å². The Morgan fingerprint density at radius 1 is 1.11 bits per heavy atom. The molecule has 1 atom stereocenters. The molecule has 28 heavy (non-hydrogen) atoms. The number of tetrazole rings is 1. The van der Waals surface area contributed by atoms with Gasteiger partial charge in [-0.3, -0.25) is 0 Å². The first kappa shape index (κ1) is 19.0. The first-order valence-corrected chi connectivity index (χ1v) is 10.1. The Bertz CT molecular complexity index is 901. The lowest BCUT2D eigenvalue weighted by atomic mass is 9.95. The van der Waals surface area contributed by atoms with Gasteiger partial charge in [0.2, 0.25) is 5.82 Å². The Hall–Kier alpha value is -2.31. The van der Waals surface area contributed by atoms with E-state index in [0.717, 1.165) is 41.0 Å². The van der Waals surface area contributed by atoms with Crippen molar-refractivity contribution in [3.8, 4) is 0 Å². The summed E-state index contributed by atoms with van der Waals surface area (Å²) in [5, 5.41) is 13.3. The maximum atomic E-state index is 13.2. The molecule has 0 aliphatic carbocycles. The molecule has 2 heterocycles. The Kier molecular flexibility index (Phi) is 5.69. The highest BCUT2D eigenvalue weighted by Crippen LogP contribution is 2.22. The lowest BCUT2D eigenvalue weighted by molar-refractivity contribution is -0.932. The van der Waals surface area contributed by atoms with Crippen LogP contribution < -0.4 is 4.90 Å². The number of rotatable bonds is 5. The van der Waals surface area contributed by atoms with Gasteiger partial charge in [0.15, 0.2) is 6.04 Å². The molecule has 0 saturated carbocycles. The first-order chi connectivity index (χ1) is 13.6. The van der Waals surface area contributed by atoms with Crippen LogP contribution in [0.15, 0.2) is 48.5 Å². The molecule has 4 rings (SSSR count). The summed E-state index contributed by atoms with van der Waals surface area (Å²) in [6.45, 7) is 4.98. The minimum absolute atomic E-state index is 0.0419. The third-order valence-electron chi connectivity index (χ3n) is 5.59. The summed E-state index contributed by atoms with van der Waals surface area (Å²) in [5.74, 6) is 1.34. The van der Waals surface area contributed by atoms with Gasteiger partial charge in [-0.15, -0.1) is 5.10 Å². The minimum Gasteiger partial charge on any atom is -0.322 e. The summed E-state index contributed by atoms with van der Waals surface area (Å²) >= 11 is 6.11. The highest BCUT2D eigenvalue weighted by molar-refractivity contribution is 6.30. The molecule has 1 saturated heterocycles. The molecule has 1 aliphatic heterocycles. The number of hydrogen-bond donors (Lipinski definition) is 1. The zero-order valence-corrected chi connectivity index (χ0v) is 16.6. The van der Waals surface area contributed by atoms with Crippen LogP contribution in [0.4, 0.5) is 4.39 Å². The molecule has 7 heteroatoms. The highest BCUT2D eigenvalue weighted by atomic mass is 35.5. The lowest BCUT2D eigenvalue weighted by Gasteiger charge is -2.33. The van der Waals surface area contributed by atoms with Gasteiger partial charge in [0.1, 0.15) is 5.82 Å². The Morgan fingerprint density at radius 2 is 1.79 bits per heavy atom. The third-order valence-corrected chi connectivity index (χ3v) is 5.84. The van der Waals surface area contributed by atoms with Crippen molar-refractivity contribution in [3.63, 3.8) is 0 Å². The van der Waals surface area contributed by atoms with Gasteiger partial charge in [0, 0.05) is 10.6 Å². The monoisotopic (exact) mass is 400 g/mol. The largest absolute Gasteiger partial charge is 0.322 e. The Morgan fingerprint density at radius 3 is 2.46 bits per heavy atom. The maximum absolute atomic E-state index is 13.2. The average Bonchev–Trinajstić information content (AvgIpc) is 3.14. The second-order valence-electron chi connectivity index (χ2n) is 7.65. The lowest BCUT2D eigenvalue weighted by Crippen LogP contribution is -3.13. The molecular formula is C21H24ClFN5+. The molecule has 146 valence electrons. The number of benzene rings is 2. The summed E-state index contributed by atoms with van der Waals surface area (Å²) < 4.78 is 15.1. The number of piperidine rings is 1. The quantitative estimate of drug-likeness (QED) is 0.716. The summed E-state index contributed by atoms with van der Waals surface area (Å²) in [7, 11) is 0. The maximum Gasteiger partial charge on any atom is 0.214 e. The van der Waals surface area contributed by atoms with Gasteiger partial charge in [0.25, 0.3) is 0 Å². The molecule has 1 aliphatic rings. The van der Waals surface area contributed by atoms with E-state index in [1.807, 2.05) is 16.8 Å². The molecule has 0 radical (unpaired) electrons. The van der Waals surface area contributed by atoms with Gasteiger partial charge in [-0.1, -0.05) is 42.8 Å². The summed E-state index contributed by atoms with van der Waals surface area (Å²) in [6.07, 6.45) is 2.39. The molecule has 0 unspecified atom stereocenters. The van der Waals surface area contributed by atoms with E-state index in [-0.39, 0.29) is 11.9 Å². The number of quaternary nitrogens is 1. The molecule has 1 fully saturated rings. The van der Waals surface area contributed by atoms with Crippen LogP contribution in [0.3, 0.4) is 0 Å². The fourth-order valence-corrected chi connectivity index (χ4v) is 4.06. The summed E-state index contributed by atoms with van der Waals surface area (Å²) in [6, 6.07) is 14.5. The van der Waals surface area contributed by atoms with E-state index in [2.05, 4.69) is 34.6 Å². The topological polar surface area (TPSA) is 48.0 Å². The zero-order valence-electron chi connectivity index (χ0n) is 15.9. The van der Waals surface area contributed by atoms with Gasteiger partial charge < -0.3 is 4.90 Å². The second-order valence-corrected chi connectivity index (χ2v) is 8.08. The average molecular weight is 401 g/mol. The molecule has 5 nitrogen and oxygen atoms in total. The summed E-state index contributed by atoms with van der Waals surface area (Å²) in [4.78, 5) is 1.47. The molecule has 0 spiro atoms. The van der Waals surface area contributed by atoms with E-state index in [1.165, 1.54) is 29.9 Å². The van der Waals surface area contributed by atoms with Crippen molar-refractivity contribution in [2.45, 2.75) is 32.4 Å². The molecular weight excluding hydrogens is 377 g/mol. The molecule has 2 aromatic carbocycles. The van der Waals surface area contributed by atoms with Gasteiger partial charge in [0.05, 0.1) is 19.6 Å². The van der Waals surface area contributed by atoms with Gasteiger partial charge in [-0.2, -0.15) is 0 Å². The predicted molar refractivity (Wildman–Crippen MR) is 106 cm³/mol. The van der Waals surface area contributed by atoms with Crippen LogP contribution in [0.25, 0.3) is 0 Å². The number of hydrogen-bond acceptors (Lipinski definition) is 3. The summed E-state index contributed by atoms with van der Waals surface area (Å²) in [5.41, 5.74) is 2.12. The standard InChI is InChI=1S/C21H23ClFN5/c1-15-10-12-27(13-11-15)20(17-4-6-18(22)7-5-17)21-24-25-26-28(21)14-16-2-8-19(23)9-3-16/h2-9,15,20H,10-14H2,1H3/p+1/t20-/m1/s1. The number of likely N-dealkylation sites (tertiary alicyclic amines) is 1. The van der Waals surface area contributed by atoms with Crippen LogP contribution >= 0.6 is 11.6 Å². The van der Waals surface area contributed by atoms with Crippen LogP contribution in [0, 0.1) is 11.7 Å². The normalized spacial score (nSPS) is 20.8. The van der Waals surface area contributed by atoms with Crippen LogP contribution in [0.2, 0.25) is 5.02 Å². The van der Waals surface area contributed by atoms with E-state index >= 15 is 0 Å². The number of aromatic nitrogens is 4. The van der Waals surface area contributed by atoms with E-state index in [0.29, 0.717) is 6.54 Å². The molecule has 1 aromatic heterocycles. The van der Waals surface area contributed by atoms with E-state index < -0.39 is 0 Å². The SMILES string of the molecule is CC1CC[NH+]([C@H](c2ccc(Cl)cc2)c2nnnn2Cc2ccc(F)cc2)CC1. The van der Waals surface area contributed by atoms with E-state index in [9.17, 15) is 4.39 Å². The Labute approximate surface area is 169 Å². The zero-order chi connectivity index (χ0) is 19.5. The predicted octanol–water partition coefficient (Wildman–Crippen LogP) is 2.92. The van der Waals surface area contributed by atoms with Crippen molar-refractivity contribution in [1.82, 2.24) is 20.2 Å². The van der Waals surface area contributed by atoms with E-state index in [1.54, 1.807) is 12.1 Å². The third kappa shape index (κ3) is 4.23. The second kappa shape index (κ2) is 8.37. The number of nitrogens with zero attached hydrogens (tertiary/aromatic N) is 4. The molecule has 0 bridgehead atoms. The van der Waals surface area contributed by atoms with Crippen LogP contribution in [-0.4, -0.2) is 33.3 Å². The van der Waals surface area contributed by atoms with Crippen molar-refractivity contribution in [2.75, 3.05) is 13.1 Å². The fourth-order valence-electron chi connectivity index (χ4n) is 3.94. The minimum atomic E-state index is -0.244. The van der Waals surface area contributed by atoms with Gasteiger partial charge in [-0.25, -0.2) is 9.07 Å². The van der Waals surface area contributed by atoms with Crippen molar-refractivity contribution in [1.29, 1.82) is 0 Å². The first-order valence-electron chi connectivity index (χ1n) is 9.70. The smallest absolute Gasteiger partial charge is 0.214 e. The van der Waals surface area contributed by atoms with E-state index in [4.69, 9.17) is 11.6 Å². The van der Waals surface area contributed by atoms with Crippen LogP contribution in [0.5, 0.6) is 0 Å². The van der Waals surface area contributed by atoms with Crippen LogP contribution in [-0.2, 0) is 6.54 Å². The van der Waals surface area contributed by atoms with Crippen molar-refractivity contribution >= 4 is 11.6 Å². The van der Waals surface area contributed by atoms with Crippen molar-refractivity contribution in [3.05, 3.63) is 76.3 Å². The fraction of sp³-hybridized carbons (Fsp3) is 0.381. The van der Waals surface area contributed by atoms with Crippen molar-refractivity contribution < 1.29 is 9.29 Å². The van der Waals surface area contributed by atoms with Crippen molar-refractivity contribution in [2.24, 2.45) is 5.92 Å².